The van der Waals surface area contributed by atoms with E-state index in [-0.39, 0.29) is 12.5 Å². The van der Waals surface area contributed by atoms with Crippen LogP contribution in [-0.2, 0) is 8.98 Å². The van der Waals surface area contributed by atoms with Crippen molar-refractivity contribution in [3.05, 3.63) is 34.9 Å². The van der Waals surface area contributed by atoms with E-state index in [1.54, 1.807) is 0 Å². The van der Waals surface area contributed by atoms with Crippen LogP contribution < -0.4 is 5.32 Å². The first-order chi connectivity index (χ1) is 7.27. The maximum atomic E-state index is 11.3. The van der Waals surface area contributed by atoms with E-state index in [4.69, 9.17) is 4.18 Å². The summed E-state index contributed by atoms with van der Waals surface area (Å²) in [6.45, 7) is 4.07. The van der Waals surface area contributed by atoms with Crippen molar-refractivity contribution in [2.24, 2.45) is 0 Å². The molecule has 1 aliphatic rings. The average Bonchev–Trinajstić information content (AvgIpc) is 2.38. The second kappa shape index (κ2) is 6.48. The fraction of sp³-hybridized carbons (Fsp3) is 0.364. The van der Waals surface area contributed by atoms with Crippen molar-refractivity contribution in [3.63, 3.8) is 0 Å². The van der Waals surface area contributed by atoms with Gasteiger partial charge in [-0.15, -0.1) is 0 Å². The molecule has 1 amide bonds. The third-order valence-corrected chi connectivity index (χ3v) is 2.50. The van der Waals surface area contributed by atoms with Crippen molar-refractivity contribution < 1.29 is 8.98 Å². The molecule has 0 atom stereocenters. The Bertz CT molecular complexity index is 319. The maximum Gasteiger partial charge on any atom is 0.251 e. The van der Waals surface area contributed by atoms with Crippen LogP contribution in [0.2, 0.25) is 0 Å². The van der Waals surface area contributed by atoms with Gasteiger partial charge in [0.15, 0.2) is 0 Å². The van der Waals surface area contributed by atoms with Crippen molar-refractivity contribution in [1.82, 2.24) is 5.32 Å². The van der Waals surface area contributed by atoms with Gasteiger partial charge in [-0.1, -0.05) is 25.2 Å². The molecule has 15 heavy (non-hydrogen) atoms. The topological polar surface area (TPSA) is 38.3 Å². The van der Waals surface area contributed by atoms with E-state index >= 15 is 0 Å². The minimum Gasteiger partial charge on any atom is -0.323 e. The van der Waals surface area contributed by atoms with E-state index in [1.807, 2.05) is 38.2 Å². The number of rotatable bonds is 2. The largest absolute Gasteiger partial charge is 0.323 e. The van der Waals surface area contributed by atoms with E-state index in [0.717, 1.165) is 17.0 Å². The molecular formula is C11H15NO2S. The Balaban J connectivity index is 2.90. The monoisotopic (exact) mass is 225 g/mol. The van der Waals surface area contributed by atoms with Crippen LogP contribution in [0.15, 0.2) is 34.9 Å². The molecule has 1 saturated heterocycles. The first-order valence-corrected chi connectivity index (χ1v) is 5.65. The molecule has 1 heterocycles. The Labute approximate surface area is 94.5 Å². The highest BCUT2D eigenvalue weighted by molar-refractivity contribution is 7.98. The molecule has 0 aromatic heterocycles. The van der Waals surface area contributed by atoms with Gasteiger partial charge < -0.3 is 9.50 Å². The number of hydrogen-bond acceptors (Lipinski definition) is 3. The smallest absolute Gasteiger partial charge is 0.251 e. The lowest BCUT2D eigenvalue weighted by Crippen LogP contribution is -2.24. The molecule has 1 rings (SSSR count). The molecule has 0 spiro atoms. The molecular weight excluding hydrogens is 210 g/mol. The molecule has 0 saturated carbocycles. The lowest BCUT2D eigenvalue weighted by Gasteiger charge is -2.05. The number of allylic oxidation sites excluding steroid dienone is 4. The number of carbonyl (C=O) groups is 1. The van der Waals surface area contributed by atoms with Crippen LogP contribution in [0.25, 0.3) is 0 Å². The standard InChI is InChI=1S/C11H15NO2S/c1-3-5-7-10-9(6-4-2)12-11(13)8-14-15-10/h3,5-7H,4,8H2,1-2H3,(H,12,13)/b5-3-,9-6+,10-7+. The zero-order chi connectivity index (χ0) is 11.1. The Morgan fingerprint density at radius 3 is 3.07 bits per heavy atom. The van der Waals surface area contributed by atoms with Crippen LogP contribution in [0, 0.1) is 0 Å². The highest BCUT2D eigenvalue weighted by Crippen LogP contribution is 2.26. The minimum atomic E-state index is -0.105. The minimum absolute atomic E-state index is 0.0961. The quantitative estimate of drug-likeness (QED) is 0.734. The van der Waals surface area contributed by atoms with Crippen molar-refractivity contribution >= 4 is 17.9 Å². The molecule has 0 aliphatic carbocycles. The summed E-state index contributed by atoms with van der Waals surface area (Å²) in [6.07, 6.45) is 8.65. The lowest BCUT2D eigenvalue weighted by molar-refractivity contribution is -0.121. The highest BCUT2D eigenvalue weighted by Gasteiger charge is 2.15. The van der Waals surface area contributed by atoms with Crippen molar-refractivity contribution in [2.45, 2.75) is 20.3 Å². The zero-order valence-electron chi connectivity index (χ0n) is 8.95. The Hall–Kier alpha value is -1.00. The third kappa shape index (κ3) is 3.93. The molecule has 1 N–H and O–H groups in total. The summed E-state index contributed by atoms with van der Waals surface area (Å²) in [5.74, 6) is -0.105. The van der Waals surface area contributed by atoms with E-state index in [0.29, 0.717) is 0 Å². The van der Waals surface area contributed by atoms with Gasteiger partial charge in [-0.25, -0.2) is 0 Å². The third-order valence-electron chi connectivity index (χ3n) is 1.73. The van der Waals surface area contributed by atoms with Crippen molar-refractivity contribution in [3.8, 4) is 0 Å². The normalized spacial score (nSPS) is 23.5. The van der Waals surface area contributed by atoms with E-state index in [1.165, 1.54) is 12.0 Å². The van der Waals surface area contributed by atoms with Crippen LogP contribution in [0.5, 0.6) is 0 Å². The van der Waals surface area contributed by atoms with Gasteiger partial charge >= 0.3 is 0 Å². The molecule has 3 nitrogen and oxygen atoms in total. The van der Waals surface area contributed by atoms with Gasteiger partial charge in [0.1, 0.15) is 6.61 Å². The molecule has 0 aromatic carbocycles. The summed E-state index contributed by atoms with van der Waals surface area (Å²) in [6, 6.07) is 0. The average molecular weight is 225 g/mol. The Kier molecular flexibility index (Phi) is 5.21. The lowest BCUT2D eigenvalue weighted by atomic mass is 10.3. The summed E-state index contributed by atoms with van der Waals surface area (Å²) in [5, 5.41) is 2.81. The highest BCUT2D eigenvalue weighted by atomic mass is 32.2. The fourth-order valence-corrected chi connectivity index (χ4v) is 1.75. The summed E-state index contributed by atoms with van der Waals surface area (Å²) in [5.41, 5.74) is 0.836. The predicted octanol–water partition coefficient (Wildman–Crippen LogP) is 2.53. The molecule has 82 valence electrons. The van der Waals surface area contributed by atoms with E-state index in [2.05, 4.69) is 5.32 Å². The molecule has 1 aliphatic heterocycles. The molecule has 0 unspecified atom stereocenters. The first kappa shape index (κ1) is 12.1. The van der Waals surface area contributed by atoms with Gasteiger partial charge in [-0.05, 0) is 19.4 Å². The number of hydrogen-bond donors (Lipinski definition) is 1. The van der Waals surface area contributed by atoms with Crippen molar-refractivity contribution in [2.75, 3.05) is 6.61 Å². The molecule has 0 bridgehead atoms. The van der Waals surface area contributed by atoms with Gasteiger partial charge in [0, 0.05) is 12.0 Å². The summed E-state index contributed by atoms with van der Waals surface area (Å²) >= 11 is 1.23. The van der Waals surface area contributed by atoms with Crippen LogP contribution in [0.4, 0.5) is 0 Å². The Morgan fingerprint density at radius 1 is 1.60 bits per heavy atom. The number of amides is 1. The van der Waals surface area contributed by atoms with E-state index < -0.39 is 0 Å². The second-order valence-electron chi connectivity index (χ2n) is 2.98. The first-order valence-electron chi connectivity index (χ1n) is 4.90. The van der Waals surface area contributed by atoms with Crippen LogP contribution in [-0.4, -0.2) is 12.5 Å². The maximum absolute atomic E-state index is 11.3. The molecule has 0 radical (unpaired) electrons. The number of carbonyl (C=O) groups excluding carboxylic acids is 1. The Morgan fingerprint density at radius 2 is 2.40 bits per heavy atom. The summed E-state index contributed by atoms with van der Waals surface area (Å²) < 4.78 is 5.15. The van der Waals surface area contributed by atoms with Gasteiger partial charge in [0.25, 0.3) is 5.91 Å². The van der Waals surface area contributed by atoms with Gasteiger partial charge in [0.2, 0.25) is 0 Å². The van der Waals surface area contributed by atoms with Crippen LogP contribution >= 0.6 is 12.0 Å². The van der Waals surface area contributed by atoms with Crippen LogP contribution in [0.1, 0.15) is 20.3 Å². The van der Waals surface area contributed by atoms with Gasteiger partial charge in [-0.3, -0.25) is 4.79 Å². The zero-order valence-corrected chi connectivity index (χ0v) is 9.76. The van der Waals surface area contributed by atoms with Gasteiger partial charge in [0.05, 0.1) is 10.6 Å². The van der Waals surface area contributed by atoms with Crippen molar-refractivity contribution in [1.29, 1.82) is 0 Å². The SMILES string of the molecule is C\C=C/C=C1/SOCC(=O)N/C1=C/CC. The van der Waals surface area contributed by atoms with E-state index in [9.17, 15) is 4.79 Å². The molecule has 0 aromatic rings. The summed E-state index contributed by atoms with van der Waals surface area (Å²) in [4.78, 5) is 12.2. The van der Waals surface area contributed by atoms with Gasteiger partial charge in [-0.2, -0.15) is 0 Å². The predicted molar refractivity (Wildman–Crippen MR) is 63.0 cm³/mol. The molecule has 1 fully saturated rings. The summed E-state index contributed by atoms with van der Waals surface area (Å²) in [7, 11) is 0. The number of nitrogens with one attached hydrogen (secondary N) is 1. The molecule has 4 heteroatoms. The second-order valence-corrected chi connectivity index (χ2v) is 3.82. The van der Waals surface area contributed by atoms with Crippen LogP contribution in [0.3, 0.4) is 0 Å². The fourth-order valence-electron chi connectivity index (χ4n) is 1.10.